The maximum atomic E-state index is 6.21. The SMILES string of the molecule is CCC1CNC(C(C)(C)C)CN1c1cc(Cl)ccc1C. The lowest BCUT2D eigenvalue weighted by Gasteiger charge is -2.46. The fraction of sp³-hybridized carbons (Fsp3) is 0.647. The van der Waals surface area contributed by atoms with Crippen molar-refractivity contribution in [2.45, 2.75) is 53.1 Å². The summed E-state index contributed by atoms with van der Waals surface area (Å²) in [7, 11) is 0. The molecule has 3 heteroatoms. The summed E-state index contributed by atoms with van der Waals surface area (Å²) in [4.78, 5) is 2.55. The van der Waals surface area contributed by atoms with Crippen LogP contribution in [0.15, 0.2) is 18.2 Å². The first-order valence-electron chi connectivity index (χ1n) is 7.59. The van der Waals surface area contributed by atoms with E-state index in [1.54, 1.807) is 0 Å². The lowest BCUT2D eigenvalue weighted by Crippen LogP contribution is -2.60. The molecular formula is C17H27ClN2. The Balaban J connectivity index is 2.32. The van der Waals surface area contributed by atoms with Crippen molar-refractivity contribution >= 4 is 17.3 Å². The van der Waals surface area contributed by atoms with Gasteiger partial charge in [0.1, 0.15) is 0 Å². The molecule has 1 N–H and O–H groups in total. The van der Waals surface area contributed by atoms with Crippen molar-refractivity contribution in [3.8, 4) is 0 Å². The Morgan fingerprint density at radius 1 is 1.35 bits per heavy atom. The van der Waals surface area contributed by atoms with Crippen LogP contribution in [0.25, 0.3) is 0 Å². The van der Waals surface area contributed by atoms with E-state index >= 15 is 0 Å². The molecular weight excluding hydrogens is 268 g/mol. The summed E-state index contributed by atoms with van der Waals surface area (Å²) in [6.45, 7) is 13.4. The molecule has 2 unspecified atom stereocenters. The summed E-state index contributed by atoms with van der Waals surface area (Å²) in [5, 5.41) is 4.54. The molecule has 0 aromatic heterocycles. The lowest BCUT2D eigenvalue weighted by molar-refractivity contribution is 0.233. The monoisotopic (exact) mass is 294 g/mol. The van der Waals surface area contributed by atoms with Crippen LogP contribution in [0, 0.1) is 12.3 Å². The smallest absolute Gasteiger partial charge is 0.0426 e. The fourth-order valence-electron chi connectivity index (χ4n) is 2.93. The van der Waals surface area contributed by atoms with Gasteiger partial charge in [0, 0.05) is 35.9 Å². The highest BCUT2D eigenvalue weighted by Gasteiger charge is 2.33. The van der Waals surface area contributed by atoms with Gasteiger partial charge in [-0.2, -0.15) is 0 Å². The number of hydrogen-bond donors (Lipinski definition) is 1. The third-order valence-electron chi connectivity index (χ3n) is 4.42. The number of piperazine rings is 1. The second-order valence-electron chi connectivity index (χ2n) is 6.97. The summed E-state index contributed by atoms with van der Waals surface area (Å²) in [6, 6.07) is 7.27. The van der Waals surface area contributed by atoms with Crippen molar-refractivity contribution in [3.63, 3.8) is 0 Å². The normalized spacial score (nSPS) is 24.0. The van der Waals surface area contributed by atoms with Gasteiger partial charge < -0.3 is 10.2 Å². The minimum atomic E-state index is 0.267. The van der Waals surface area contributed by atoms with Gasteiger partial charge in [-0.25, -0.2) is 0 Å². The molecule has 0 saturated carbocycles. The van der Waals surface area contributed by atoms with Gasteiger partial charge in [0.2, 0.25) is 0 Å². The molecule has 20 heavy (non-hydrogen) atoms. The first-order valence-corrected chi connectivity index (χ1v) is 7.97. The summed E-state index contributed by atoms with van der Waals surface area (Å²) < 4.78 is 0. The average Bonchev–Trinajstić information content (AvgIpc) is 2.40. The van der Waals surface area contributed by atoms with Crippen LogP contribution in [0.2, 0.25) is 5.02 Å². The Kier molecular flexibility index (Phi) is 4.66. The standard InChI is InChI=1S/C17H27ClN2/c1-6-14-10-19-16(17(3,4)5)11-20(14)15-9-13(18)8-7-12(15)2/h7-9,14,16,19H,6,10-11H2,1-5H3. The molecule has 1 aliphatic rings. The second kappa shape index (κ2) is 5.95. The molecule has 2 rings (SSSR count). The van der Waals surface area contributed by atoms with Crippen molar-refractivity contribution in [3.05, 3.63) is 28.8 Å². The van der Waals surface area contributed by atoms with E-state index in [1.165, 1.54) is 11.3 Å². The van der Waals surface area contributed by atoms with E-state index in [0.717, 1.165) is 24.5 Å². The van der Waals surface area contributed by atoms with Crippen LogP contribution in [0.1, 0.15) is 39.7 Å². The molecule has 1 aromatic rings. The van der Waals surface area contributed by atoms with Crippen molar-refractivity contribution < 1.29 is 0 Å². The number of nitrogens with zero attached hydrogens (tertiary/aromatic N) is 1. The number of hydrogen-bond acceptors (Lipinski definition) is 2. The minimum absolute atomic E-state index is 0.267. The van der Waals surface area contributed by atoms with Crippen LogP contribution in [0.4, 0.5) is 5.69 Å². The minimum Gasteiger partial charge on any atom is -0.365 e. The molecule has 0 spiro atoms. The molecule has 0 bridgehead atoms. The zero-order valence-electron chi connectivity index (χ0n) is 13.3. The molecule has 0 radical (unpaired) electrons. The summed E-state index contributed by atoms with van der Waals surface area (Å²) in [6.07, 6.45) is 1.15. The lowest BCUT2D eigenvalue weighted by atomic mass is 9.84. The van der Waals surface area contributed by atoms with E-state index in [1.807, 2.05) is 6.07 Å². The third-order valence-corrected chi connectivity index (χ3v) is 4.65. The summed E-state index contributed by atoms with van der Waals surface area (Å²) in [5.41, 5.74) is 2.87. The Hall–Kier alpha value is -0.730. The topological polar surface area (TPSA) is 15.3 Å². The number of rotatable bonds is 2. The van der Waals surface area contributed by atoms with Crippen LogP contribution >= 0.6 is 11.6 Å². The van der Waals surface area contributed by atoms with E-state index in [-0.39, 0.29) is 5.41 Å². The number of nitrogens with one attached hydrogen (secondary N) is 1. The fourth-order valence-corrected chi connectivity index (χ4v) is 3.10. The number of benzene rings is 1. The molecule has 0 amide bonds. The van der Waals surface area contributed by atoms with Crippen LogP contribution in [-0.4, -0.2) is 25.2 Å². The maximum absolute atomic E-state index is 6.21. The molecule has 1 saturated heterocycles. The highest BCUT2D eigenvalue weighted by Crippen LogP contribution is 2.31. The predicted molar refractivity (Wildman–Crippen MR) is 88.9 cm³/mol. The van der Waals surface area contributed by atoms with Gasteiger partial charge in [0.25, 0.3) is 0 Å². The van der Waals surface area contributed by atoms with Gasteiger partial charge in [-0.3, -0.25) is 0 Å². The zero-order valence-corrected chi connectivity index (χ0v) is 14.1. The molecule has 112 valence electrons. The van der Waals surface area contributed by atoms with Crippen molar-refractivity contribution in [1.29, 1.82) is 0 Å². The average molecular weight is 295 g/mol. The Morgan fingerprint density at radius 2 is 2.05 bits per heavy atom. The van der Waals surface area contributed by atoms with E-state index in [9.17, 15) is 0 Å². The van der Waals surface area contributed by atoms with Gasteiger partial charge >= 0.3 is 0 Å². The first kappa shape index (κ1) is 15.7. The second-order valence-corrected chi connectivity index (χ2v) is 7.41. The maximum Gasteiger partial charge on any atom is 0.0426 e. The van der Waals surface area contributed by atoms with Crippen molar-refractivity contribution in [1.82, 2.24) is 5.32 Å². The van der Waals surface area contributed by atoms with Crippen molar-refractivity contribution in [2.24, 2.45) is 5.41 Å². The molecule has 1 heterocycles. The van der Waals surface area contributed by atoms with Crippen LogP contribution in [0.3, 0.4) is 0 Å². The van der Waals surface area contributed by atoms with Crippen LogP contribution in [-0.2, 0) is 0 Å². The third kappa shape index (κ3) is 3.29. The molecule has 1 aromatic carbocycles. The van der Waals surface area contributed by atoms with Crippen molar-refractivity contribution in [2.75, 3.05) is 18.0 Å². The summed E-state index contributed by atoms with van der Waals surface area (Å²) in [5.74, 6) is 0. The number of aryl methyl sites for hydroxylation is 1. The number of anilines is 1. The largest absolute Gasteiger partial charge is 0.365 e. The van der Waals surface area contributed by atoms with E-state index < -0.39 is 0 Å². The molecule has 2 atom stereocenters. The number of halogens is 1. The highest BCUT2D eigenvalue weighted by molar-refractivity contribution is 6.30. The van der Waals surface area contributed by atoms with Gasteiger partial charge in [-0.1, -0.05) is 45.4 Å². The first-order chi connectivity index (χ1) is 9.32. The Bertz CT molecular complexity index is 465. The van der Waals surface area contributed by atoms with Gasteiger partial charge in [-0.05, 0) is 36.5 Å². The van der Waals surface area contributed by atoms with Gasteiger partial charge in [0.15, 0.2) is 0 Å². The predicted octanol–water partition coefficient (Wildman–Crippen LogP) is 4.25. The van der Waals surface area contributed by atoms with Crippen LogP contribution < -0.4 is 10.2 Å². The molecule has 1 aliphatic heterocycles. The van der Waals surface area contributed by atoms with Gasteiger partial charge in [0.05, 0.1) is 0 Å². The molecule has 2 nitrogen and oxygen atoms in total. The van der Waals surface area contributed by atoms with E-state index in [4.69, 9.17) is 11.6 Å². The molecule has 1 fully saturated rings. The Labute approximate surface area is 128 Å². The zero-order chi connectivity index (χ0) is 14.9. The summed E-state index contributed by atoms with van der Waals surface area (Å²) >= 11 is 6.21. The van der Waals surface area contributed by atoms with E-state index in [0.29, 0.717) is 12.1 Å². The van der Waals surface area contributed by atoms with E-state index in [2.05, 4.69) is 57.0 Å². The molecule has 0 aliphatic carbocycles. The quantitative estimate of drug-likeness (QED) is 0.877. The highest BCUT2D eigenvalue weighted by atomic mass is 35.5. The Morgan fingerprint density at radius 3 is 2.65 bits per heavy atom. The van der Waals surface area contributed by atoms with Crippen LogP contribution in [0.5, 0.6) is 0 Å². The van der Waals surface area contributed by atoms with Gasteiger partial charge in [-0.15, -0.1) is 0 Å².